The third kappa shape index (κ3) is 0.791. The molecule has 3 saturated carbocycles. The summed E-state index contributed by atoms with van der Waals surface area (Å²) in [6.45, 7) is 9.50. The SMILES string of the molecule is CC1(C)CCC[C@@]2(C)[C@@]13CC[C@]2(C)C(=O)C3. The predicted molar refractivity (Wildman–Crippen MR) is 65.1 cm³/mol. The van der Waals surface area contributed by atoms with Gasteiger partial charge >= 0.3 is 0 Å². The van der Waals surface area contributed by atoms with Crippen LogP contribution in [-0.2, 0) is 4.79 Å². The van der Waals surface area contributed by atoms with Crippen molar-refractivity contribution in [2.24, 2.45) is 21.7 Å². The summed E-state index contributed by atoms with van der Waals surface area (Å²) in [5, 5.41) is 0. The summed E-state index contributed by atoms with van der Waals surface area (Å²) in [4.78, 5) is 12.4. The van der Waals surface area contributed by atoms with Gasteiger partial charge in [0.05, 0.1) is 0 Å². The second kappa shape index (κ2) is 2.57. The van der Waals surface area contributed by atoms with Crippen molar-refractivity contribution >= 4 is 5.78 Å². The first-order chi connectivity index (χ1) is 7.29. The molecular formula is C15H24O. The molecule has 0 saturated heterocycles. The van der Waals surface area contributed by atoms with Crippen molar-refractivity contribution in [2.45, 2.75) is 66.2 Å². The maximum absolute atomic E-state index is 12.4. The zero-order valence-corrected chi connectivity index (χ0v) is 11.2. The van der Waals surface area contributed by atoms with Gasteiger partial charge in [0, 0.05) is 11.8 Å². The van der Waals surface area contributed by atoms with E-state index in [2.05, 4.69) is 27.7 Å². The minimum absolute atomic E-state index is 0.00465. The van der Waals surface area contributed by atoms with Crippen molar-refractivity contribution in [3.63, 3.8) is 0 Å². The second-order valence-electron chi connectivity index (χ2n) is 7.58. The Morgan fingerprint density at radius 3 is 2.19 bits per heavy atom. The van der Waals surface area contributed by atoms with Crippen molar-refractivity contribution in [3.8, 4) is 0 Å². The van der Waals surface area contributed by atoms with Gasteiger partial charge in [-0.2, -0.15) is 0 Å². The molecular weight excluding hydrogens is 196 g/mol. The number of hydrogen-bond acceptors (Lipinski definition) is 1. The maximum Gasteiger partial charge on any atom is 0.139 e. The van der Waals surface area contributed by atoms with Crippen LogP contribution in [-0.4, -0.2) is 5.78 Å². The quantitative estimate of drug-likeness (QED) is 0.604. The lowest BCUT2D eigenvalue weighted by molar-refractivity contribution is -0.128. The molecule has 3 rings (SSSR count). The average Bonchev–Trinajstić information content (AvgIpc) is 2.50. The van der Waals surface area contributed by atoms with Crippen LogP contribution in [0.4, 0.5) is 0 Å². The Hall–Kier alpha value is -0.330. The average molecular weight is 220 g/mol. The van der Waals surface area contributed by atoms with Crippen molar-refractivity contribution < 1.29 is 4.79 Å². The van der Waals surface area contributed by atoms with Gasteiger partial charge < -0.3 is 0 Å². The molecule has 0 unspecified atom stereocenters. The first-order valence-electron chi connectivity index (χ1n) is 6.83. The fourth-order valence-corrected chi connectivity index (χ4v) is 5.71. The molecule has 3 atom stereocenters. The normalized spacial score (nSPS) is 54.1. The van der Waals surface area contributed by atoms with E-state index in [-0.39, 0.29) is 5.41 Å². The molecule has 2 bridgehead atoms. The second-order valence-corrected chi connectivity index (χ2v) is 7.58. The molecule has 3 fully saturated rings. The van der Waals surface area contributed by atoms with E-state index in [0.717, 1.165) is 12.8 Å². The van der Waals surface area contributed by atoms with Gasteiger partial charge in [0.2, 0.25) is 0 Å². The summed E-state index contributed by atoms with van der Waals surface area (Å²) in [6, 6.07) is 0. The monoisotopic (exact) mass is 220 g/mol. The molecule has 3 aliphatic carbocycles. The molecule has 3 aliphatic rings. The van der Waals surface area contributed by atoms with E-state index in [4.69, 9.17) is 0 Å². The third-order valence-corrected chi connectivity index (χ3v) is 7.18. The summed E-state index contributed by atoms with van der Waals surface area (Å²) in [7, 11) is 0. The first-order valence-corrected chi connectivity index (χ1v) is 6.83. The van der Waals surface area contributed by atoms with E-state index in [1.54, 1.807) is 0 Å². The largest absolute Gasteiger partial charge is 0.299 e. The Morgan fingerprint density at radius 2 is 1.62 bits per heavy atom. The zero-order chi connectivity index (χ0) is 11.8. The van der Waals surface area contributed by atoms with Gasteiger partial charge in [-0.25, -0.2) is 0 Å². The van der Waals surface area contributed by atoms with Crippen LogP contribution in [0, 0.1) is 21.7 Å². The number of Topliss-reactive ketones (excluding diaryl/α,β-unsaturated/α-hetero) is 1. The molecule has 0 radical (unpaired) electrons. The Kier molecular flexibility index (Phi) is 1.73. The highest BCUT2D eigenvalue weighted by molar-refractivity contribution is 5.90. The number of carbonyl (C=O) groups excluding carboxylic acids is 1. The van der Waals surface area contributed by atoms with E-state index < -0.39 is 0 Å². The lowest BCUT2D eigenvalue weighted by atomic mass is 9.47. The molecule has 0 aliphatic heterocycles. The van der Waals surface area contributed by atoms with Crippen molar-refractivity contribution in [2.75, 3.05) is 0 Å². The van der Waals surface area contributed by atoms with Gasteiger partial charge in [0.25, 0.3) is 0 Å². The minimum Gasteiger partial charge on any atom is -0.299 e. The molecule has 90 valence electrons. The van der Waals surface area contributed by atoms with Crippen molar-refractivity contribution in [1.82, 2.24) is 0 Å². The Bertz CT molecular complexity index is 370. The Morgan fingerprint density at radius 1 is 0.938 bits per heavy atom. The van der Waals surface area contributed by atoms with Crippen LogP contribution in [0.3, 0.4) is 0 Å². The summed E-state index contributed by atoms with van der Waals surface area (Å²) in [5.41, 5.74) is 0.984. The molecule has 0 N–H and O–H groups in total. The van der Waals surface area contributed by atoms with E-state index in [9.17, 15) is 4.79 Å². The van der Waals surface area contributed by atoms with Crippen LogP contribution in [0.15, 0.2) is 0 Å². The van der Waals surface area contributed by atoms with Gasteiger partial charge in [0.1, 0.15) is 5.78 Å². The highest BCUT2D eigenvalue weighted by Gasteiger charge is 2.75. The number of rotatable bonds is 0. The maximum atomic E-state index is 12.4. The van der Waals surface area contributed by atoms with Gasteiger partial charge in [-0.3, -0.25) is 4.79 Å². The van der Waals surface area contributed by atoms with Crippen LogP contribution in [0.25, 0.3) is 0 Å². The number of ketones is 1. The summed E-state index contributed by atoms with van der Waals surface area (Å²) in [5.74, 6) is 0.566. The first kappa shape index (κ1) is 10.8. The van der Waals surface area contributed by atoms with E-state index in [0.29, 0.717) is 22.0 Å². The van der Waals surface area contributed by atoms with Gasteiger partial charge in [-0.1, -0.05) is 34.1 Å². The van der Waals surface area contributed by atoms with Crippen LogP contribution in [0.1, 0.15) is 66.2 Å². The predicted octanol–water partition coefficient (Wildman–Crippen LogP) is 3.96. The standard InChI is InChI=1S/C15H24O/c1-12(2)6-5-7-14(4)13(3)8-9-15(12,14)10-11(13)16/h5-10H2,1-4H3/t13-,14-,15-/m1/s1. The molecule has 0 aromatic carbocycles. The van der Waals surface area contributed by atoms with Crippen LogP contribution in [0.5, 0.6) is 0 Å². The van der Waals surface area contributed by atoms with E-state index in [1.807, 2.05) is 0 Å². The van der Waals surface area contributed by atoms with E-state index >= 15 is 0 Å². The highest BCUT2D eigenvalue weighted by Crippen LogP contribution is 2.79. The smallest absolute Gasteiger partial charge is 0.139 e. The summed E-state index contributed by atoms with van der Waals surface area (Å²) in [6.07, 6.45) is 7.20. The molecule has 0 heterocycles. The zero-order valence-electron chi connectivity index (χ0n) is 11.2. The molecule has 0 aromatic heterocycles. The van der Waals surface area contributed by atoms with Crippen molar-refractivity contribution in [3.05, 3.63) is 0 Å². The number of carbonyl (C=O) groups is 1. The van der Waals surface area contributed by atoms with E-state index in [1.165, 1.54) is 25.7 Å². The molecule has 0 amide bonds. The topological polar surface area (TPSA) is 17.1 Å². The van der Waals surface area contributed by atoms with Gasteiger partial charge in [0.15, 0.2) is 0 Å². The minimum atomic E-state index is 0.00465. The molecule has 16 heavy (non-hydrogen) atoms. The van der Waals surface area contributed by atoms with Crippen LogP contribution in [0.2, 0.25) is 0 Å². The van der Waals surface area contributed by atoms with Crippen LogP contribution >= 0.6 is 0 Å². The highest BCUT2D eigenvalue weighted by atomic mass is 16.1. The molecule has 1 heteroatoms. The lowest BCUT2D eigenvalue weighted by Gasteiger charge is -2.56. The van der Waals surface area contributed by atoms with Crippen molar-refractivity contribution in [1.29, 1.82) is 0 Å². The molecule has 1 nitrogen and oxygen atoms in total. The summed E-state index contributed by atoms with van der Waals surface area (Å²) >= 11 is 0. The fraction of sp³-hybridized carbons (Fsp3) is 0.933. The lowest BCUT2D eigenvalue weighted by Crippen LogP contribution is -2.49. The Labute approximate surface area is 99.0 Å². The Balaban J connectivity index is 2.22. The summed E-state index contributed by atoms with van der Waals surface area (Å²) < 4.78 is 0. The third-order valence-electron chi connectivity index (χ3n) is 7.18. The molecule has 0 spiro atoms. The van der Waals surface area contributed by atoms with Crippen LogP contribution < -0.4 is 0 Å². The number of hydrogen-bond donors (Lipinski definition) is 0. The van der Waals surface area contributed by atoms with Gasteiger partial charge in [-0.05, 0) is 41.9 Å². The van der Waals surface area contributed by atoms with Gasteiger partial charge in [-0.15, -0.1) is 0 Å². The fourth-order valence-electron chi connectivity index (χ4n) is 5.71. The molecule has 0 aromatic rings.